The predicted octanol–water partition coefficient (Wildman–Crippen LogP) is 6.57. The third-order valence-electron chi connectivity index (χ3n) is 5.14. The van der Waals surface area contributed by atoms with Crippen molar-refractivity contribution in [3.63, 3.8) is 0 Å². The van der Waals surface area contributed by atoms with Gasteiger partial charge < -0.3 is 5.11 Å². The fourth-order valence-corrected chi connectivity index (χ4v) is 3.75. The van der Waals surface area contributed by atoms with Gasteiger partial charge in [0, 0.05) is 10.9 Å². The number of benzene rings is 3. The fraction of sp³-hybridized carbons (Fsp3) is 0.174. The number of nitrogens with zero attached hydrogens (tertiary/aromatic N) is 1. The molecule has 0 radical (unpaired) electrons. The molecule has 0 saturated carbocycles. The van der Waals surface area contributed by atoms with Crippen LogP contribution in [-0.2, 0) is 5.60 Å². The normalized spacial score (nSPS) is 14.6. The lowest BCUT2D eigenvalue weighted by Gasteiger charge is -2.37. The Labute approximate surface area is 176 Å². The van der Waals surface area contributed by atoms with E-state index in [-0.39, 0.29) is 16.1 Å². The number of aliphatic hydroxyl groups is 1. The molecule has 0 aliphatic rings. The van der Waals surface area contributed by atoms with Crippen molar-refractivity contribution < 1.29 is 22.7 Å². The lowest BCUT2D eigenvalue weighted by molar-refractivity contribution is -0.274. The highest BCUT2D eigenvalue weighted by Crippen LogP contribution is 2.50. The maximum Gasteiger partial charge on any atom is 0.422 e. The van der Waals surface area contributed by atoms with Crippen LogP contribution >= 0.6 is 11.6 Å². The quantitative estimate of drug-likeness (QED) is 0.473. The van der Waals surface area contributed by atoms with Crippen LogP contribution in [0.5, 0.6) is 0 Å². The van der Waals surface area contributed by atoms with E-state index in [1.54, 1.807) is 12.1 Å². The zero-order chi connectivity index (χ0) is 22.1. The van der Waals surface area contributed by atoms with E-state index in [9.17, 15) is 22.7 Å². The topological polar surface area (TPSA) is 44.0 Å². The molecule has 3 aromatic rings. The minimum Gasteiger partial charge on any atom is -0.376 e. The van der Waals surface area contributed by atoms with E-state index in [4.69, 9.17) is 16.9 Å². The average Bonchev–Trinajstić information content (AvgIpc) is 2.72. The Morgan fingerprint density at radius 2 is 1.60 bits per heavy atom. The van der Waals surface area contributed by atoms with Crippen LogP contribution < -0.4 is 0 Å². The smallest absolute Gasteiger partial charge is 0.376 e. The summed E-state index contributed by atoms with van der Waals surface area (Å²) in [6.45, 7) is 1.23. The van der Waals surface area contributed by atoms with Crippen molar-refractivity contribution in [2.45, 2.75) is 24.6 Å². The third kappa shape index (κ3) is 3.91. The number of alkyl halides is 3. The van der Waals surface area contributed by atoms with Gasteiger partial charge in [-0.05, 0) is 52.6 Å². The van der Waals surface area contributed by atoms with Gasteiger partial charge in [0.05, 0.1) is 11.6 Å². The molecule has 0 saturated heterocycles. The lowest BCUT2D eigenvalue weighted by atomic mass is 9.77. The molecule has 0 heterocycles. The Hall–Kier alpha value is -2.88. The highest BCUT2D eigenvalue weighted by Gasteiger charge is 2.59. The summed E-state index contributed by atoms with van der Waals surface area (Å²) in [6.07, 6.45) is -5.03. The minimum absolute atomic E-state index is 0.000120. The van der Waals surface area contributed by atoms with Gasteiger partial charge in [0.2, 0.25) is 0 Å². The number of hydrogen-bond acceptors (Lipinski definition) is 2. The van der Waals surface area contributed by atoms with Crippen LogP contribution in [0.1, 0.15) is 29.5 Å². The highest BCUT2D eigenvalue weighted by atomic mass is 35.5. The molecule has 30 heavy (non-hydrogen) atoms. The van der Waals surface area contributed by atoms with Crippen molar-refractivity contribution in [1.29, 1.82) is 5.26 Å². The molecule has 2 unspecified atom stereocenters. The van der Waals surface area contributed by atoms with E-state index >= 15 is 0 Å². The van der Waals surface area contributed by atoms with E-state index in [0.717, 1.165) is 12.1 Å². The second kappa shape index (κ2) is 8.10. The molecule has 2 nitrogen and oxygen atoms in total. The fourth-order valence-electron chi connectivity index (χ4n) is 3.41. The second-order valence-corrected chi connectivity index (χ2v) is 7.33. The second-order valence-electron chi connectivity index (χ2n) is 6.92. The van der Waals surface area contributed by atoms with E-state index in [2.05, 4.69) is 0 Å². The summed E-state index contributed by atoms with van der Waals surface area (Å²) in [4.78, 5) is 0. The van der Waals surface area contributed by atoms with Crippen molar-refractivity contribution in [3.05, 3.63) is 94.3 Å². The maximum absolute atomic E-state index is 14.1. The summed E-state index contributed by atoms with van der Waals surface area (Å²) in [5, 5.41) is 19.9. The van der Waals surface area contributed by atoms with Gasteiger partial charge in [0.1, 0.15) is 5.82 Å². The molecule has 0 bridgehead atoms. The summed E-state index contributed by atoms with van der Waals surface area (Å²) in [5.41, 5.74) is -2.38. The molecule has 0 fully saturated rings. The summed E-state index contributed by atoms with van der Waals surface area (Å²) < 4.78 is 55.3. The zero-order valence-electron chi connectivity index (χ0n) is 15.7. The van der Waals surface area contributed by atoms with E-state index in [1.807, 2.05) is 0 Å². The monoisotopic (exact) mass is 433 g/mol. The molecule has 154 valence electrons. The molecule has 7 heteroatoms. The Bertz CT molecular complexity index is 1110. The zero-order valence-corrected chi connectivity index (χ0v) is 16.5. The Balaban J connectivity index is 2.08. The molecule has 2 atom stereocenters. The molecule has 0 aromatic heterocycles. The van der Waals surface area contributed by atoms with Crippen LogP contribution in [0.25, 0.3) is 11.1 Å². The molecular formula is C23H16ClF4NO. The standard InChI is InChI=1S/C23H16ClF4NO/c1-14(22(30,23(26,27)28)18-4-2-3-15(11-18)13-29)20-10-7-17(12-21(20)24)16-5-8-19(25)9-6-16/h2-12,14,30H,1H3. The first-order chi connectivity index (χ1) is 14.1. The van der Waals surface area contributed by atoms with Crippen LogP contribution in [0.4, 0.5) is 17.6 Å². The summed E-state index contributed by atoms with van der Waals surface area (Å²) >= 11 is 6.30. The number of halogens is 5. The third-order valence-corrected chi connectivity index (χ3v) is 5.46. The van der Waals surface area contributed by atoms with Gasteiger partial charge in [-0.1, -0.05) is 54.9 Å². The van der Waals surface area contributed by atoms with Gasteiger partial charge in [0.15, 0.2) is 5.60 Å². The van der Waals surface area contributed by atoms with Gasteiger partial charge >= 0.3 is 6.18 Å². The average molecular weight is 434 g/mol. The molecule has 3 aromatic carbocycles. The molecule has 0 aliphatic carbocycles. The molecule has 0 amide bonds. The van der Waals surface area contributed by atoms with E-state index in [1.165, 1.54) is 55.5 Å². The largest absolute Gasteiger partial charge is 0.422 e. The van der Waals surface area contributed by atoms with Crippen LogP contribution in [0, 0.1) is 17.1 Å². The molecule has 0 aliphatic heterocycles. The highest BCUT2D eigenvalue weighted by molar-refractivity contribution is 6.31. The summed E-state index contributed by atoms with van der Waals surface area (Å²) in [6, 6.07) is 16.6. The van der Waals surface area contributed by atoms with Crippen LogP contribution in [-0.4, -0.2) is 11.3 Å². The number of hydrogen-bond donors (Lipinski definition) is 1. The van der Waals surface area contributed by atoms with Crippen molar-refractivity contribution in [2.24, 2.45) is 0 Å². The van der Waals surface area contributed by atoms with Crippen LogP contribution in [0.2, 0.25) is 5.02 Å². The van der Waals surface area contributed by atoms with E-state index < -0.39 is 29.1 Å². The molecular weight excluding hydrogens is 418 g/mol. The predicted molar refractivity (Wildman–Crippen MR) is 106 cm³/mol. The minimum atomic E-state index is -5.03. The van der Waals surface area contributed by atoms with E-state index in [0.29, 0.717) is 11.1 Å². The summed E-state index contributed by atoms with van der Waals surface area (Å²) in [7, 11) is 0. The molecule has 3 rings (SSSR count). The van der Waals surface area contributed by atoms with Crippen molar-refractivity contribution in [3.8, 4) is 17.2 Å². The number of rotatable bonds is 4. The first-order valence-corrected chi connectivity index (χ1v) is 9.31. The summed E-state index contributed by atoms with van der Waals surface area (Å²) in [5.74, 6) is -1.88. The molecule has 0 spiro atoms. The first-order valence-electron chi connectivity index (χ1n) is 8.93. The van der Waals surface area contributed by atoms with Crippen molar-refractivity contribution >= 4 is 11.6 Å². The number of nitriles is 1. The van der Waals surface area contributed by atoms with Crippen molar-refractivity contribution in [2.75, 3.05) is 0 Å². The van der Waals surface area contributed by atoms with Gasteiger partial charge in [-0.25, -0.2) is 4.39 Å². The Kier molecular flexibility index (Phi) is 5.89. The van der Waals surface area contributed by atoms with Crippen LogP contribution in [0.15, 0.2) is 66.7 Å². The van der Waals surface area contributed by atoms with Gasteiger partial charge in [-0.15, -0.1) is 0 Å². The van der Waals surface area contributed by atoms with Crippen molar-refractivity contribution in [1.82, 2.24) is 0 Å². The van der Waals surface area contributed by atoms with Gasteiger partial charge in [0.25, 0.3) is 0 Å². The molecule has 1 N–H and O–H groups in total. The van der Waals surface area contributed by atoms with Gasteiger partial charge in [-0.3, -0.25) is 0 Å². The Morgan fingerprint density at radius 3 is 2.17 bits per heavy atom. The Morgan fingerprint density at radius 1 is 0.967 bits per heavy atom. The SMILES string of the molecule is CC(c1ccc(-c2ccc(F)cc2)cc1Cl)C(O)(c1cccc(C#N)c1)C(F)(F)F. The van der Waals surface area contributed by atoms with Gasteiger partial charge in [-0.2, -0.15) is 18.4 Å². The lowest BCUT2D eigenvalue weighted by Crippen LogP contribution is -2.46. The first kappa shape index (κ1) is 21.8. The van der Waals surface area contributed by atoms with Crippen LogP contribution in [0.3, 0.4) is 0 Å². The maximum atomic E-state index is 14.1.